The fourth-order valence-corrected chi connectivity index (χ4v) is 1.90. The second kappa shape index (κ2) is 7.63. The van der Waals surface area contributed by atoms with E-state index in [1.54, 1.807) is 11.8 Å². The van der Waals surface area contributed by atoms with Crippen LogP contribution < -0.4 is 5.32 Å². The summed E-state index contributed by atoms with van der Waals surface area (Å²) in [4.78, 5) is 23.8. The van der Waals surface area contributed by atoms with Crippen LogP contribution in [0.5, 0.6) is 0 Å². The fourth-order valence-electron chi connectivity index (χ4n) is 1.73. The molecule has 0 aliphatic heterocycles. The van der Waals surface area contributed by atoms with Crippen molar-refractivity contribution in [3.63, 3.8) is 0 Å². The molecule has 0 bridgehead atoms. The predicted octanol–water partition coefficient (Wildman–Crippen LogP) is 1.91. The molecule has 0 aromatic heterocycles. The molecule has 0 aliphatic carbocycles. The molecule has 0 fully saturated rings. The molecule has 1 unspecified atom stereocenters. The Morgan fingerprint density at radius 2 is 2.00 bits per heavy atom. The van der Waals surface area contributed by atoms with E-state index in [4.69, 9.17) is 16.7 Å². The van der Waals surface area contributed by atoms with Crippen LogP contribution in [0.25, 0.3) is 0 Å². The van der Waals surface area contributed by atoms with Gasteiger partial charge in [0.15, 0.2) is 0 Å². The van der Waals surface area contributed by atoms with Crippen molar-refractivity contribution in [3.8, 4) is 0 Å². The maximum Gasteiger partial charge on any atom is 0.404 e. The van der Waals surface area contributed by atoms with Crippen LogP contribution in [0.2, 0.25) is 0 Å². The van der Waals surface area contributed by atoms with Gasteiger partial charge in [-0.3, -0.25) is 4.79 Å². The van der Waals surface area contributed by atoms with E-state index >= 15 is 0 Å². The Balaban J connectivity index is 2.67. The van der Waals surface area contributed by atoms with E-state index in [0.29, 0.717) is 6.54 Å². The van der Waals surface area contributed by atoms with Gasteiger partial charge >= 0.3 is 6.09 Å². The smallest absolute Gasteiger partial charge is 0.404 e. The highest BCUT2D eigenvalue weighted by Crippen LogP contribution is 2.06. The minimum Gasteiger partial charge on any atom is -0.465 e. The van der Waals surface area contributed by atoms with Crippen molar-refractivity contribution in [3.05, 3.63) is 35.9 Å². The zero-order chi connectivity index (χ0) is 14.3. The Labute approximate surface area is 117 Å². The summed E-state index contributed by atoms with van der Waals surface area (Å²) in [7, 11) is 0. The van der Waals surface area contributed by atoms with Crippen molar-refractivity contribution in [1.82, 2.24) is 10.2 Å². The average molecular weight is 285 g/mol. The Bertz CT molecular complexity index is 425. The molecule has 0 heterocycles. The minimum absolute atomic E-state index is 0.118. The number of rotatable bonds is 6. The largest absolute Gasteiger partial charge is 0.465 e. The van der Waals surface area contributed by atoms with Crippen molar-refractivity contribution in [2.75, 3.05) is 12.4 Å². The third-order valence-electron chi connectivity index (χ3n) is 2.55. The predicted molar refractivity (Wildman–Crippen MR) is 73.2 cm³/mol. The van der Waals surface area contributed by atoms with Crippen LogP contribution in [-0.2, 0) is 11.3 Å². The quantitative estimate of drug-likeness (QED) is 0.784. The number of halogens is 1. The molecule has 2 N–H and O–H groups in total. The highest BCUT2D eigenvalue weighted by Gasteiger charge is 2.17. The molecular weight excluding hydrogens is 268 g/mol. The molecule has 0 saturated heterocycles. The van der Waals surface area contributed by atoms with Gasteiger partial charge in [-0.2, -0.15) is 0 Å². The number of benzene rings is 1. The Kier molecular flexibility index (Phi) is 6.15. The SMILES string of the molecule is CC(CN(Cc1ccccc1)C(=O)CCl)NC(=O)O. The summed E-state index contributed by atoms with van der Waals surface area (Å²) in [5, 5.41) is 11.0. The Morgan fingerprint density at radius 3 is 2.53 bits per heavy atom. The number of hydrogen-bond acceptors (Lipinski definition) is 2. The standard InChI is InChI=1S/C13H17ClN2O3/c1-10(15-13(18)19)8-16(12(17)7-14)9-11-5-3-2-4-6-11/h2-6,10,15H,7-9H2,1H3,(H,18,19). The first-order chi connectivity index (χ1) is 9.02. The molecule has 2 amide bonds. The lowest BCUT2D eigenvalue weighted by atomic mass is 10.2. The van der Waals surface area contributed by atoms with Crippen molar-refractivity contribution in [2.24, 2.45) is 0 Å². The van der Waals surface area contributed by atoms with Crippen LogP contribution in [0.15, 0.2) is 30.3 Å². The zero-order valence-corrected chi connectivity index (χ0v) is 11.4. The van der Waals surface area contributed by atoms with Gasteiger partial charge < -0.3 is 15.3 Å². The van der Waals surface area contributed by atoms with Gasteiger partial charge in [-0.15, -0.1) is 11.6 Å². The van der Waals surface area contributed by atoms with E-state index in [-0.39, 0.29) is 24.4 Å². The van der Waals surface area contributed by atoms with Crippen LogP contribution in [0, 0.1) is 0 Å². The summed E-state index contributed by atoms with van der Waals surface area (Å²) < 4.78 is 0. The lowest BCUT2D eigenvalue weighted by molar-refractivity contribution is -0.129. The van der Waals surface area contributed by atoms with Crippen molar-refractivity contribution >= 4 is 23.6 Å². The number of hydrogen-bond donors (Lipinski definition) is 2. The maximum absolute atomic E-state index is 11.8. The van der Waals surface area contributed by atoms with Gasteiger partial charge in [-0.1, -0.05) is 30.3 Å². The highest BCUT2D eigenvalue weighted by atomic mass is 35.5. The van der Waals surface area contributed by atoms with Crippen LogP contribution in [0.3, 0.4) is 0 Å². The third-order valence-corrected chi connectivity index (χ3v) is 2.78. The summed E-state index contributed by atoms with van der Waals surface area (Å²) >= 11 is 5.57. The molecule has 104 valence electrons. The molecule has 6 heteroatoms. The van der Waals surface area contributed by atoms with Crippen LogP contribution in [0.1, 0.15) is 12.5 Å². The van der Waals surface area contributed by atoms with Gasteiger partial charge in [-0.05, 0) is 12.5 Å². The summed E-state index contributed by atoms with van der Waals surface area (Å²) in [5.74, 6) is -0.336. The molecule has 1 atom stereocenters. The average Bonchev–Trinajstić information content (AvgIpc) is 2.37. The number of carbonyl (C=O) groups excluding carboxylic acids is 1. The van der Waals surface area contributed by atoms with Gasteiger partial charge in [0.1, 0.15) is 5.88 Å². The second-order valence-corrected chi connectivity index (χ2v) is 4.51. The monoisotopic (exact) mass is 284 g/mol. The van der Waals surface area contributed by atoms with E-state index in [1.807, 2.05) is 30.3 Å². The number of carboxylic acid groups (broad SMARTS) is 1. The summed E-state index contributed by atoms with van der Waals surface area (Å²) in [6.07, 6.45) is -1.11. The van der Waals surface area contributed by atoms with E-state index in [0.717, 1.165) is 5.56 Å². The first-order valence-corrected chi connectivity index (χ1v) is 6.43. The van der Waals surface area contributed by atoms with Crippen molar-refractivity contribution in [2.45, 2.75) is 19.5 Å². The molecule has 19 heavy (non-hydrogen) atoms. The van der Waals surface area contributed by atoms with Crippen LogP contribution in [-0.4, -0.2) is 40.5 Å². The molecular formula is C13H17ClN2O3. The fraction of sp³-hybridized carbons (Fsp3) is 0.385. The first kappa shape index (κ1) is 15.3. The lowest BCUT2D eigenvalue weighted by Crippen LogP contribution is -2.44. The molecule has 5 nitrogen and oxygen atoms in total. The zero-order valence-electron chi connectivity index (χ0n) is 10.7. The third kappa shape index (κ3) is 5.61. The first-order valence-electron chi connectivity index (χ1n) is 5.90. The van der Waals surface area contributed by atoms with Crippen LogP contribution >= 0.6 is 11.6 Å². The second-order valence-electron chi connectivity index (χ2n) is 4.24. The number of carbonyl (C=O) groups is 2. The topological polar surface area (TPSA) is 69.6 Å². The Morgan fingerprint density at radius 1 is 1.37 bits per heavy atom. The number of amides is 2. The molecule has 1 aromatic carbocycles. The highest BCUT2D eigenvalue weighted by molar-refractivity contribution is 6.27. The van der Waals surface area contributed by atoms with E-state index in [9.17, 15) is 9.59 Å². The molecule has 1 rings (SSSR count). The summed E-state index contributed by atoms with van der Waals surface area (Å²) in [5.41, 5.74) is 0.975. The number of nitrogens with zero attached hydrogens (tertiary/aromatic N) is 1. The molecule has 0 radical (unpaired) electrons. The van der Waals surface area contributed by atoms with Gasteiger partial charge in [0.2, 0.25) is 5.91 Å². The van der Waals surface area contributed by atoms with E-state index < -0.39 is 6.09 Å². The van der Waals surface area contributed by atoms with Crippen LogP contribution in [0.4, 0.5) is 4.79 Å². The number of nitrogens with one attached hydrogen (secondary N) is 1. The van der Waals surface area contributed by atoms with Crippen molar-refractivity contribution in [1.29, 1.82) is 0 Å². The van der Waals surface area contributed by atoms with E-state index in [2.05, 4.69) is 5.32 Å². The van der Waals surface area contributed by atoms with Gasteiger partial charge in [0.25, 0.3) is 0 Å². The van der Waals surface area contributed by atoms with Crippen molar-refractivity contribution < 1.29 is 14.7 Å². The molecule has 1 aromatic rings. The lowest BCUT2D eigenvalue weighted by Gasteiger charge is -2.25. The van der Waals surface area contributed by atoms with Gasteiger partial charge in [0.05, 0.1) is 0 Å². The molecule has 0 saturated carbocycles. The van der Waals surface area contributed by atoms with E-state index in [1.165, 1.54) is 0 Å². The summed E-state index contributed by atoms with van der Waals surface area (Å²) in [6, 6.07) is 9.13. The molecule has 0 spiro atoms. The molecule has 0 aliphatic rings. The number of alkyl halides is 1. The van der Waals surface area contributed by atoms with Gasteiger partial charge in [0, 0.05) is 19.1 Å². The minimum atomic E-state index is -1.11. The summed E-state index contributed by atoms with van der Waals surface area (Å²) in [6.45, 7) is 2.40. The maximum atomic E-state index is 11.8. The Hall–Kier alpha value is -1.75. The van der Waals surface area contributed by atoms with Gasteiger partial charge in [-0.25, -0.2) is 4.79 Å². The normalized spacial score (nSPS) is 11.7.